The monoisotopic (exact) mass is 215 g/mol. The highest BCUT2D eigenvalue weighted by Gasteiger charge is 2.08. The van der Waals surface area contributed by atoms with Gasteiger partial charge in [-0.2, -0.15) is 25.3 Å². The number of esters is 1. The van der Waals surface area contributed by atoms with Gasteiger partial charge in [-0.25, -0.2) is 4.98 Å². The standard InChI is InChI=1S/C8H9NO2S2/c10-7(5-8(12)13)11-6-3-1-2-4-9-6/h1-4,8,12-13H,5H2. The Balaban J connectivity index is 2.46. The van der Waals surface area contributed by atoms with E-state index < -0.39 is 0 Å². The van der Waals surface area contributed by atoms with E-state index in [4.69, 9.17) is 4.74 Å². The second-order valence-electron chi connectivity index (χ2n) is 2.33. The van der Waals surface area contributed by atoms with E-state index in [9.17, 15) is 4.79 Å². The van der Waals surface area contributed by atoms with E-state index >= 15 is 0 Å². The van der Waals surface area contributed by atoms with Gasteiger partial charge >= 0.3 is 5.97 Å². The Hall–Kier alpha value is -0.680. The number of pyridine rings is 1. The summed E-state index contributed by atoms with van der Waals surface area (Å²) in [5.41, 5.74) is 0. The van der Waals surface area contributed by atoms with Gasteiger partial charge in [0, 0.05) is 12.3 Å². The molecular formula is C8H9NO2S2. The molecule has 0 atom stereocenters. The lowest BCUT2D eigenvalue weighted by Gasteiger charge is -2.03. The molecule has 5 heteroatoms. The van der Waals surface area contributed by atoms with Gasteiger partial charge in [0.1, 0.15) is 0 Å². The first-order chi connectivity index (χ1) is 6.18. The molecule has 0 unspecified atom stereocenters. The van der Waals surface area contributed by atoms with Crippen molar-refractivity contribution in [1.82, 2.24) is 4.98 Å². The number of ether oxygens (including phenoxy) is 1. The number of aromatic nitrogens is 1. The predicted molar refractivity (Wildman–Crippen MR) is 56.2 cm³/mol. The van der Waals surface area contributed by atoms with E-state index in [1.807, 2.05) is 0 Å². The van der Waals surface area contributed by atoms with Crippen LogP contribution in [-0.2, 0) is 4.79 Å². The van der Waals surface area contributed by atoms with Gasteiger partial charge in [0.2, 0.25) is 5.88 Å². The van der Waals surface area contributed by atoms with Crippen molar-refractivity contribution in [1.29, 1.82) is 0 Å². The fourth-order valence-corrected chi connectivity index (χ4v) is 1.01. The Bertz CT molecular complexity index is 277. The highest BCUT2D eigenvalue weighted by Crippen LogP contribution is 2.09. The minimum atomic E-state index is -0.381. The van der Waals surface area contributed by atoms with Gasteiger partial charge in [0.25, 0.3) is 0 Å². The summed E-state index contributed by atoms with van der Waals surface area (Å²) in [4.78, 5) is 14.9. The topological polar surface area (TPSA) is 39.2 Å². The maximum atomic E-state index is 11.1. The fraction of sp³-hybridized carbons (Fsp3) is 0.250. The van der Waals surface area contributed by atoms with Crippen LogP contribution in [0.25, 0.3) is 0 Å². The van der Waals surface area contributed by atoms with Crippen LogP contribution in [-0.4, -0.2) is 15.5 Å². The Morgan fingerprint density at radius 1 is 1.54 bits per heavy atom. The molecule has 1 aromatic heterocycles. The first kappa shape index (κ1) is 10.4. The summed E-state index contributed by atoms with van der Waals surface area (Å²) in [5.74, 6) is -0.0801. The summed E-state index contributed by atoms with van der Waals surface area (Å²) in [6.07, 6.45) is 1.71. The molecule has 0 aliphatic heterocycles. The molecule has 0 N–H and O–H groups in total. The summed E-state index contributed by atoms with van der Waals surface area (Å²) in [7, 11) is 0. The van der Waals surface area contributed by atoms with Gasteiger partial charge in [-0.05, 0) is 6.07 Å². The lowest BCUT2D eigenvalue weighted by Crippen LogP contribution is -2.11. The van der Waals surface area contributed by atoms with Gasteiger partial charge in [-0.3, -0.25) is 4.79 Å². The van der Waals surface area contributed by atoms with Crippen LogP contribution in [0.3, 0.4) is 0 Å². The zero-order valence-electron chi connectivity index (χ0n) is 6.75. The van der Waals surface area contributed by atoms with Crippen LogP contribution in [0.5, 0.6) is 5.88 Å². The molecule has 13 heavy (non-hydrogen) atoms. The third-order valence-electron chi connectivity index (χ3n) is 1.21. The quantitative estimate of drug-likeness (QED) is 0.456. The smallest absolute Gasteiger partial charge is 0.314 e. The number of thiol groups is 2. The normalized spacial score (nSPS) is 10.1. The number of carbonyl (C=O) groups excluding carboxylic acids is 1. The predicted octanol–water partition coefficient (Wildman–Crippen LogP) is 1.56. The second-order valence-corrected chi connectivity index (χ2v) is 3.98. The Labute approximate surface area is 87.3 Å². The lowest BCUT2D eigenvalue weighted by atomic mass is 10.5. The minimum absolute atomic E-state index is 0.156. The average molecular weight is 215 g/mol. The van der Waals surface area contributed by atoms with E-state index in [0.29, 0.717) is 5.88 Å². The molecule has 0 spiro atoms. The van der Waals surface area contributed by atoms with Crippen LogP contribution in [0.15, 0.2) is 24.4 Å². The van der Waals surface area contributed by atoms with Crippen molar-refractivity contribution >= 4 is 31.2 Å². The highest BCUT2D eigenvalue weighted by molar-refractivity contribution is 7.99. The van der Waals surface area contributed by atoms with Crippen LogP contribution in [0, 0.1) is 0 Å². The largest absolute Gasteiger partial charge is 0.407 e. The Morgan fingerprint density at radius 2 is 2.31 bits per heavy atom. The maximum absolute atomic E-state index is 11.1. The van der Waals surface area contributed by atoms with Crippen LogP contribution in [0.4, 0.5) is 0 Å². The molecule has 0 aromatic carbocycles. The number of hydrogen-bond donors (Lipinski definition) is 2. The van der Waals surface area contributed by atoms with E-state index in [1.165, 1.54) is 0 Å². The fourth-order valence-electron chi connectivity index (χ4n) is 0.715. The third-order valence-corrected chi connectivity index (χ3v) is 1.57. The van der Waals surface area contributed by atoms with E-state index in [0.717, 1.165) is 0 Å². The van der Waals surface area contributed by atoms with Crippen molar-refractivity contribution in [2.75, 3.05) is 0 Å². The first-order valence-corrected chi connectivity index (χ1v) is 4.69. The molecule has 1 rings (SSSR count). The van der Waals surface area contributed by atoms with Crippen LogP contribution in [0.1, 0.15) is 6.42 Å². The van der Waals surface area contributed by atoms with Crippen molar-refractivity contribution in [3.05, 3.63) is 24.4 Å². The van der Waals surface area contributed by atoms with Crippen LogP contribution >= 0.6 is 25.3 Å². The van der Waals surface area contributed by atoms with Crippen molar-refractivity contribution in [2.24, 2.45) is 0 Å². The van der Waals surface area contributed by atoms with Crippen LogP contribution in [0.2, 0.25) is 0 Å². The van der Waals surface area contributed by atoms with E-state index in [2.05, 4.69) is 30.2 Å². The highest BCUT2D eigenvalue weighted by atomic mass is 32.2. The molecule has 0 aliphatic rings. The van der Waals surface area contributed by atoms with Crippen molar-refractivity contribution in [3.63, 3.8) is 0 Å². The molecule has 0 radical (unpaired) electrons. The zero-order valence-corrected chi connectivity index (χ0v) is 8.54. The number of nitrogens with zero attached hydrogens (tertiary/aromatic N) is 1. The molecule has 1 aromatic rings. The number of rotatable bonds is 3. The maximum Gasteiger partial charge on any atom is 0.314 e. The lowest BCUT2D eigenvalue weighted by molar-refractivity contribution is -0.134. The molecular weight excluding hydrogens is 206 g/mol. The van der Waals surface area contributed by atoms with Crippen molar-refractivity contribution in [3.8, 4) is 5.88 Å². The molecule has 0 aliphatic carbocycles. The SMILES string of the molecule is O=C(CC(S)S)Oc1ccccn1. The Morgan fingerprint density at radius 3 is 2.85 bits per heavy atom. The molecule has 0 saturated heterocycles. The van der Waals surface area contributed by atoms with Crippen molar-refractivity contribution < 1.29 is 9.53 Å². The summed E-state index contributed by atoms with van der Waals surface area (Å²) >= 11 is 7.89. The summed E-state index contributed by atoms with van der Waals surface area (Å²) < 4.78 is 4.58. The Kier molecular flexibility index (Phi) is 4.11. The molecule has 3 nitrogen and oxygen atoms in total. The first-order valence-electron chi connectivity index (χ1n) is 3.66. The second kappa shape index (κ2) is 5.14. The molecule has 0 bridgehead atoms. The molecule has 70 valence electrons. The summed E-state index contributed by atoms with van der Waals surface area (Å²) in [5, 5.41) is 0. The van der Waals surface area contributed by atoms with E-state index in [-0.39, 0.29) is 17.0 Å². The number of hydrogen-bond acceptors (Lipinski definition) is 5. The van der Waals surface area contributed by atoms with Gasteiger partial charge in [0.05, 0.1) is 11.0 Å². The summed E-state index contributed by atoms with van der Waals surface area (Å²) in [6.45, 7) is 0. The van der Waals surface area contributed by atoms with Crippen molar-refractivity contribution in [2.45, 2.75) is 11.0 Å². The van der Waals surface area contributed by atoms with Gasteiger partial charge in [-0.1, -0.05) is 6.07 Å². The molecule has 0 fully saturated rings. The molecule has 1 heterocycles. The molecule has 0 amide bonds. The third kappa shape index (κ3) is 4.19. The number of carbonyl (C=O) groups is 1. The molecule has 0 saturated carbocycles. The van der Waals surface area contributed by atoms with E-state index in [1.54, 1.807) is 24.4 Å². The van der Waals surface area contributed by atoms with Gasteiger partial charge < -0.3 is 4.74 Å². The average Bonchev–Trinajstić information content (AvgIpc) is 2.04. The van der Waals surface area contributed by atoms with Crippen LogP contribution < -0.4 is 4.74 Å². The zero-order chi connectivity index (χ0) is 9.68. The van der Waals surface area contributed by atoms with Gasteiger partial charge in [0.15, 0.2) is 0 Å². The summed E-state index contributed by atoms with van der Waals surface area (Å²) in [6, 6.07) is 5.11. The van der Waals surface area contributed by atoms with Gasteiger partial charge in [-0.15, -0.1) is 0 Å². The minimum Gasteiger partial charge on any atom is -0.407 e.